The predicted molar refractivity (Wildman–Crippen MR) is 82.2 cm³/mol. The first kappa shape index (κ1) is 12.3. The van der Waals surface area contributed by atoms with E-state index in [9.17, 15) is 4.79 Å². The second-order valence-corrected chi connectivity index (χ2v) is 5.53. The molecule has 1 aromatic heterocycles. The Hall–Kier alpha value is -2.49. The summed E-state index contributed by atoms with van der Waals surface area (Å²) >= 11 is 0. The molecule has 21 heavy (non-hydrogen) atoms. The fourth-order valence-electron chi connectivity index (χ4n) is 3.07. The van der Waals surface area contributed by atoms with Gasteiger partial charge in [0.25, 0.3) is 0 Å². The van der Waals surface area contributed by atoms with E-state index in [1.54, 1.807) is 0 Å². The second kappa shape index (κ2) is 4.25. The molecule has 3 aromatic rings. The van der Waals surface area contributed by atoms with Crippen molar-refractivity contribution >= 4 is 21.8 Å². The van der Waals surface area contributed by atoms with Crippen molar-refractivity contribution in [3.8, 4) is 11.5 Å². The molecule has 4 rings (SSSR count). The lowest BCUT2D eigenvalue weighted by atomic mass is 10.2. The fourth-order valence-corrected chi connectivity index (χ4v) is 3.07. The van der Waals surface area contributed by atoms with Gasteiger partial charge in [-0.25, -0.2) is 0 Å². The van der Waals surface area contributed by atoms with Crippen molar-refractivity contribution in [2.45, 2.75) is 19.9 Å². The van der Waals surface area contributed by atoms with Crippen molar-refractivity contribution in [3.05, 3.63) is 46.6 Å². The highest BCUT2D eigenvalue weighted by atomic mass is 16.7. The van der Waals surface area contributed by atoms with E-state index in [2.05, 4.69) is 18.4 Å². The molecule has 0 N–H and O–H groups in total. The van der Waals surface area contributed by atoms with Gasteiger partial charge in [-0.2, -0.15) is 0 Å². The van der Waals surface area contributed by atoms with E-state index in [4.69, 9.17) is 9.47 Å². The molecule has 4 nitrogen and oxygen atoms in total. The third-order valence-corrected chi connectivity index (χ3v) is 3.91. The smallest absolute Gasteiger partial charge is 0.231 e. The molecule has 0 atom stereocenters. The number of rotatable bonds is 1. The number of hydrogen-bond acceptors (Lipinski definition) is 3. The lowest BCUT2D eigenvalue weighted by molar-refractivity contribution is 0.173. The van der Waals surface area contributed by atoms with E-state index < -0.39 is 0 Å². The Bertz CT molecular complexity index is 925. The molecule has 0 saturated carbocycles. The summed E-state index contributed by atoms with van der Waals surface area (Å²) < 4.78 is 12.9. The quantitative estimate of drug-likeness (QED) is 0.685. The van der Waals surface area contributed by atoms with Crippen molar-refractivity contribution in [1.82, 2.24) is 4.57 Å². The summed E-state index contributed by atoms with van der Waals surface area (Å²) in [6.45, 7) is 4.33. The third kappa shape index (κ3) is 1.65. The van der Waals surface area contributed by atoms with Gasteiger partial charge in [0.1, 0.15) is 0 Å². The number of para-hydroxylation sites is 1. The van der Waals surface area contributed by atoms with Gasteiger partial charge in [0.2, 0.25) is 12.2 Å². The van der Waals surface area contributed by atoms with Gasteiger partial charge >= 0.3 is 0 Å². The van der Waals surface area contributed by atoms with Gasteiger partial charge in [-0.15, -0.1) is 0 Å². The minimum Gasteiger partial charge on any atom is -0.454 e. The van der Waals surface area contributed by atoms with Crippen molar-refractivity contribution in [2.75, 3.05) is 6.79 Å². The first-order valence-electron chi connectivity index (χ1n) is 7.03. The second-order valence-electron chi connectivity index (χ2n) is 5.53. The molecule has 0 saturated heterocycles. The van der Waals surface area contributed by atoms with Crippen LogP contribution in [0.1, 0.15) is 19.9 Å². The summed E-state index contributed by atoms with van der Waals surface area (Å²) in [7, 11) is 0. The van der Waals surface area contributed by atoms with E-state index in [0.29, 0.717) is 17.0 Å². The number of aromatic nitrogens is 1. The van der Waals surface area contributed by atoms with E-state index in [1.807, 2.05) is 30.3 Å². The van der Waals surface area contributed by atoms with Gasteiger partial charge in [-0.3, -0.25) is 4.79 Å². The van der Waals surface area contributed by atoms with Crippen LogP contribution in [0, 0.1) is 0 Å². The molecule has 1 aliphatic rings. The van der Waals surface area contributed by atoms with E-state index in [-0.39, 0.29) is 18.3 Å². The Morgan fingerprint density at radius 2 is 1.76 bits per heavy atom. The van der Waals surface area contributed by atoms with Crippen LogP contribution in [0.15, 0.2) is 41.2 Å². The Labute approximate surface area is 121 Å². The largest absolute Gasteiger partial charge is 0.454 e. The molecule has 2 aromatic carbocycles. The van der Waals surface area contributed by atoms with Crippen LogP contribution in [0.2, 0.25) is 0 Å². The zero-order valence-electron chi connectivity index (χ0n) is 11.9. The number of nitrogens with zero attached hydrogens (tertiary/aromatic N) is 1. The molecule has 1 aliphatic heterocycles. The SMILES string of the molecule is CC(C)n1c2ccccc2c2cc3c(cc(=O)c21)OCO3. The average molecular weight is 281 g/mol. The molecule has 4 heteroatoms. The lowest BCUT2D eigenvalue weighted by Gasteiger charge is -2.10. The summed E-state index contributed by atoms with van der Waals surface area (Å²) in [4.78, 5) is 12.7. The summed E-state index contributed by atoms with van der Waals surface area (Å²) in [6, 6.07) is 11.7. The highest BCUT2D eigenvalue weighted by Crippen LogP contribution is 2.36. The van der Waals surface area contributed by atoms with Crippen LogP contribution in [0.25, 0.3) is 21.8 Å². The normalized spacial score (nSPS) is 13.5. The first-order valence-corrected chi connectivity index (χ1v) is 7.03. The van der Waals surface area contributed by atoms with E-state index in [0.717, 1.165) is 16.3 Å². The van der Waals surface area contributed by atoms with E-state index >= 15 is 0 Å². The molecule has 106 valence electrons. The predicted octanol–water partition coefficient (Wildman–Crippen LogP) is 3.46. The molecule has 0 amide bonds. The molecule has 0 radical (unpaired) electrons. The van der Waals surface area contributed by atoms with Gasteiger partial charge < -0.3 is 14.0 Å². The minimum absolute atomic E-state index is 0.0401. The Kier molecular flexibility index (Phi) is 2.48. The topological polar surface area (TPSA) is 40.5 Å². The zero-order valence-corrected chi connectivity index (χ0v) is 11.9. The van der Waals surface area contributed by atoms with Crippen molar-refractivity contribution in [3.63, 3.8) is 0 Å². The molecule has 2 heterocycles. The molecular weight excluding hydrogens is 266 g/mol. The van der Waals surface area contributed by atoms with Crippen LogP contribution in [0.4, 0.5) is 0 Å². The molecule has 0 fully saturated rings. The van der Waals surface area contributed by atoms with Crippen LogP contribution in [-0.4, -0.2) is 11.4 Å². The molecule has 0 aliphatic carbocycles. The Balaban J connectivity index is 2.30. The third-order valence-electron chi connectivity index (χ3n) is 3.91. The zero-order chi connectivity index (χ0) is 14.6. The maximum absolute atomic E-state index is 12.7. The fraction of sp³-hybridized carbons (Fsp3) is 0.235. The van der Waals surface area contributed by atoms with Gasteiger partial charge in [-0.05, 0) is 26.0 Å². The highest BCUT2D eigenvalue weighted by Gasteiger charge is 2.19. The van der Waals surface area contributed by atoms with Crippen LogP contribution in [0.5, 0.6) is 11.5 Å². The summed E-state index contributed by atoms with van der Waals surface area (Å²) in [5.41, 5.74) is 1.73. The van der Waals surface area contributed by atoms with Crippen LogP contribution >= 0.6 is 0 Å². The number of hydrogen-bond donors (Lipinski definition) is 0. The summed E-state index contributed by atoms with van der Waals surface area (Å²) in [6.07, 6.45) is 0. The van der Waals surface area contributed by atoms with Crippen molar-refractivity contribution in [2.24, 2.45) is 0 Å². The maximum Gasteiger partial charge on any atom is 0.231 e. The number of ether oxygens (including phenoxy) is 2. The average Bonchev–Trinajstić information content (AvgIpc) is 2.99. The first-order chi connectivity index (χ1) is 10.2. The Morgan fingerprint density at radius 1 is 1.05 bits per heavy atom. The summed E-state index contributed by atoms with van der Waals surface area (Å²) in [5, 5.41) is 1.98. The summed E-state index contributed by atoms with van der Waals surface area (Å²) in [5.74, 6) is 1.16. The van der Waals surface area contributed by atoms with Crippen LogP contribution in [-0.2, 0) is 0 Å². The maximum atomic E-state index is 12.7. The minimum atomic E-state index is -0.0401. The van der Waals surface area contributed by atoms with Gasteiger partial charge in [0.05, 0.1) is 5.52 Å². The van der Waals surface area contributed by atoms with E-state index in [1.165, 1.54) is 6.07 Å². The van der Waals surface area contributed by atoms with Crippen LogP contribution < -0.4 is 14.9 Å². The lowest BCUT2D eigenvalue weighted by Crippen LogP contribution is -2.07. The number of benzene rings is 1. The van der Waals surface area contributed by atoms with Gasteiger partial charge in [-0.1, -0.05) is 18.2 Å². The molecule has 0 bridgehead atoms. The molecule has 0 spiro atoms. The number of fused-ring (bicyclic) bond motifs is 4. The highest BCUT2D eigenvalue weighted by molar-refractivity contribution is 6.08. The van der Waals surface area contributed by atoms with Crippen molar-refractivity contribution < 1.29 is 9.47 Å². The Morgan fingerprint density at radius 3 is 2.52 bits per heavy atom. The molecular formula is C17H15NO3. The van der Waals surface area contributed by atoms with Gasteiger partial charge in [0.15, 0.2) is 11.5 Å². The van der Waals surface area contributed by atoms with Crippen LogP contribution in [0.3, 0.4) is 0 Å². The van der Waals surface area contributed by atoms with Gasteiger partial charge in [0, 0.05) is 28.4 Å². The van der Waals surface area contributed by atoms with Crippen molar-refractivity contribution in [1.29, 1.82) is 0 Å². The molecule has 0 unspecified atom stereocenters. The standard InChI is InChI=1S/C17H15NO3/c1-10(2)18-13-6-4-3-5-11(13)12-7-15-16(21-9-20-15)8-14(19)17(12)18/h3-8,10H,9H2,1-2H3. The monoisotopic (exact) mass is 281 g/mol.